The van der Waals surface area contributed by atoms with Crippen molar-refractivity contribution in [1.29, 1.82) is 0 Å². The number of hydrogen-bond donors (Lipinski definition) is 1. The van der Waals surface area contributed by atoms with Crippen molar-refractivity contribution >= 4 is 21.4 Å². The van der Waals surface area contributed by atoms with Crippen molar-refractivity contribution in [2.45, 2.75) is 17.6 Å². The summed E-state index contributed by atoms with van der Waals surface area (Å²) < 4.78 is 65.4. The number of nitro benzene ring substituents is 1. The SMILES string of the molecule is CN(C)S(=O)(=O)c1ccccc1CNc1ccc([N+](=O)[O-])cc1C(F)(F)F. The van der Waals surface area contributed by atoms with Gasteiger partial charge in [0.2, 0.25) is 10.0 Å². The molecule has 11 heteroatoms. The molecule has 0 fully saturated rings. The van der Waals surface area contributed by atoms with Gasteiger partial charge >= 0.3 is 6.18 Å². The minimum absolute atomic E-state index is 0.0435. The molecule has 0 heterocycles. The fraction of sp³-hybridized carbons (Fsp3) is 0.250. The molecule has 1 N–H and O–H groups in total. The summed E-state index contributed by atoms with van der Waals surface area (Å²) in [6.45, 7) is -0.218. The number of anilines is 1. The number of alkyl halides is 3. The lowest BCUT2D eigenvalue weighted by Crippen LogP contribution is -2.24. The maximum Gasteiger partial charge on any atom is 0.418 e. The fourth-order valence-corrected chi connectivity index (χ4v) is 3.44. The van der Waals surface area contributed by atoms with E-state index in [-0.39, 0.29) is 22.7 Å². The zero-order valence-corrected chi connectivity index (χ0v) is 15.1. The van der Waals surface area contributed by atoms with Crippen molar-refractivity contribution < 1.29 is 26.5 Å². The smallest absolute Gasteiger partial charge is 0.380 e. The maximum atomic E-state index is 13.2. The van der Waals surface area contributed by atoms with Gasteiger partial charge in [0.05, 0.1) is 15.4 Å². The van der Waals surface area contributed by atoms with Crippen molar-refractivity contribution in [1.82, 2.24) is 4.31 Å². The molecule has 2 aromatic rings. The summed E-state index contributed by atoms with van der Waals surface area (Å²) in [6, 6.07) is 8.23. The van der Waals surface area contributed by atoms with Gasteiger partial charge in [0.25, 0.3) is 5.69 Å². The first-order valence-corrected chi connectivity index (χ1v) is 8.98. The second-order valence-corrected chi connectivity index (χ2v) is 7.85. The van der Waals surface area contributed by atoms with E-state index in [4.69, 9.17) is 0 Å². The van der Waals surface area contributed by atoms with Crippen LogP contribution in [0.25, 0.3) is 0 Å². The van der Waals surface area contributed by atoms with Gasteiger partial charge in [-0.2, -0.15) is 13.2 Å². The van der Waals surface area contributed by atoms with Crippen LogP contribution in [0.15, 0.2) is 47.4 Å². The summed E-state index contributed by atoms with van der Waals surface area (Å²) in [5.74, 6) is 0. The van der Waals surface area contributed by atoms with Crippen LogP contribution >= 0.6 is 0 Å². The highest BCUT2D eigenvalue weighted by Gasteiger charge is 2.35. The standard InChI is InChI=1S/C16H16F3N3O4S/c1-21(2)27(25,26)15-6-4-3-5-11(15)10-20-14-8-7-12(22(23)24)9-13(14)16(17,18)19/h3-9,20H,10H2,1-2H3. The van der Waals surface area contributed by atoms with Crippen LogP contribution in [0.4, 0.5) is 24.5 Å². The van der Waals surface area contributed by atoms with E-state index in [2.05, 4.69) is 5.32 Å². The number of benzene rings is 2. The van der Waals surface area contributed by atoms with Crippen LogP contribution in [0.3, 0.4) is 0 Å². The van der Waals surface area contributed by atoms with Crippen molar-refractivity contribution in [3.8, 4) is 0 Å². The zero-order chi connectivity index (χ0) is 20.4. The molecule has 146 valence electrons. The van der Waals surface area contributed by atoms with Gasteiger partial charge in [0, 0.05) is 38.5 Å². The van der Waals surface area contributed by atoms with Gasteiger partial charge < -0.3 is 5.32 Å². The Bertz CT molecular complexity index is 960. The molecule has 0 atom stereocenters. The third-order valence-electron chi connectivity index (χ3n) is 3.72. The van der Waals surface area contributed by atoms with Gasteiger partial charge in [0.1, 0.15) is 0 Å². The highest BCUT2D eigenvalue weighted by molar-refractivity contribution is 7.89. The summed E-state index contributed by atoms with van der Waals surface area (Å²) in [7, 11) is -1.10. The average Bonchev–Trinajstić information content (AvgIpc) is 2.59. The summed E-state index contributed by atoms with van der Waals surface area (Å²) in [4.78, 5) is 9.77. The van der Waals surface area contributed by atoms with Gasteiger partial charge in [-0.1, -0.05) is 18.2 Å². The Morgan fingerprint density at radius 3 is 2.33 bits per heavy atom. The Labute approximate surface area is 153 Å². The minimum atomic E-state index is -4.82. The molecule has 0 aliphatic rings. The second kappa shape index (κ2) is 7.53. The number of rotatable bonds is 6. The molecule has 0 unspecified atom stereocenters. The van der Waals surface area contributed by atoms with Gasteiger partial charge in [-0.15, -0.1) is 0 Å². The van der Waals surface area contributed by atoms with Gasteiger partial charge in [-0.3, -0.25) is 10.1 Å². The Kier molecular flexibility index (Phi) is 5.76. The Morgan fingerprint density at radius 1 is 1.15 bits per heavy atom. The molecule has 2 aromatic carbocycles. The van der Waals surface area contributed by atoms with E-state index in [1.165, 1.54) is 32.3 Å². The maximum absolute atomic E-state index is 13.2. The number of nitro groups is 1. The monoisotopic (exact) mass is 403 g/mol. The van der Waals surface area contributed by atoms with E-state index in [1.54, 1.807) is 6.07 Å². The van der Waals surface area contributed by atoms with Crippen molar-refractivity contribution in [3.05, 3.63) is 63.7 Å². The lowest BCUT2D eigenvalue weighted by atomic mass is 10.1. The fourth-order valence-electron chi connectivity index (χ4n) is 2.32. The Morgan fingerprint density at radius 2 is 1.78 bits per heavy atom. The molecule has 7 nitrogen and oxygen atoms in total. The minimum Gasteiger partial charge on any atom is -0.380 e. The lowest BCUT2D eigenvalue weighted by molar-refractivity contribution is -0.385. The molecular formula is C16H16F3N3O4S. The van der Waals surface area contributed by atoms with E-state index in [9.17, 15) is 31.7 Å². The van der Waals surface area contributed by atoms with Crippen molar-refractivity contribution in [2.75, 3.05) is 19.4 Å². The number of halogens is 3. The van der Waals surface area contributed by atoms with Crippen LogP contribution in [0.5, 0.6) is 0 Å². The Hall–Kier alpha value is -2.66. The quantitative estimate of drug-likeness (QED) is 0.589. The molecule has 0 radical (unpaired) electrons. The highest BCUT2D eigenvalue weighted by Crippen LogP contribution is 2.37. The van der Waals surface area contributed by atoms with E-state index in [0.29, 0.717) is 6.07 Å². The number of nitrogens with zero attached hydrogens (tertiary/aromatic N) is 2. The first-order chi connectivity index (χ1) is 12.4. The third-order valence-corrected chi connectivity index (χ3v) is 5.64. The molecule has 0 aliphatic carbocycles. The van der Waals surface area contributed by atoms with Gasteiger partial charge in [0.15, 0.2) is 0 Å². The summed E-state index contributed by atoms with van der Waals surface area (Å²) in [6.07, 6.45) is -4.82. The number of non-ortho nitro benzene ring substituents is 1. The summed E-state index contributed by atoms with van der Waals surface area (Å²) in [5, 5.41) is 13.3. The van der Waals surface area contributed by atoms with Crippen LogP contribution in [0.1, 0.15) is 11.1 Å². The van der Waals surface area contributed by atoms with Gasteiger partial charge in [-0.05, 0) is 17.7 Å². The summed E-state index contributed by atoms with van der Waals surface area (Å²) in [5.41, 5.74) is -2.02. The molecule has 2 rings (SSSR count). The molecule has 27 heavy (non-hydrogen) atoms. The van der Waals surface area contributed by atoms with E-state index in [1.807, 2.05) is 0 Å². The second-order valence-electron chi connectivity index (χ2n) is 5.73. The lowest BCUT2D eigenvalue weighted by Gasteiger charge is -2.17. The molecule has 0 spiro atoms. The molecule has 0 saturated heterocycles. The van der Waals surface area contributed by atoms with Crippen molar-refractivity contribution in [2.24, 2.45) is 0 Å². The van der Waals surface area contributed by atoms with Crippen molar-refractivity contribution in [3.63, 3.8) is 0 Å². The molecule has 0 bridgehead atoms. The van der Waals surface area contributed by atoms with Crippen LogP contribution in [0, 0.1) is 10.1 Å². The number of hydrogen-bond acceptors (Lipinski definition) is 5. The van der Waals surface area contributed by atoms with E-state index in [0.717, 1.165) is 16.4 Å². The molecule has 0 amide bonds. The molecule has 0 aromatic heterocycles. The van der Waals surface area contributed by atoms with Crippen LogP contribution in [-0.2, 0) is 22.7 Å². The predicted octanol–water partition coefficient (Wildman–Crippen LogP) is 3.48. The Balaban J connectivity index is 2.40. The van der Waals surface area contributed by atoms with Crippen LogP contribution in [0.2, 0.25) is 0 Å². The summed E-state index contributed by atoms with van der Waals surface area (Å²) >= 11 is 0. The largest absolute Gasteiger partial charge is 0.418 e. The average molecular weight is 403 g/mol. The predicted molar refractivity (Wildman–Crippen MR) is 92.7 cm³/mol. The first kappa shape index (κ1) is 20.6. The van der Waals surface area contributed by atoms with Gasteiger partial charge in [-0.25, -0.2) is 12.7 Å². The highest BCUT2D eigenvalue weighted by atomic mass is 32.2. The third kappa shape index (κ3) is 4.55. The topological polar surface area (TPSA) is 92.6 Å². The number of nitrogens with one attached hydrogen (secondary N) is 1. The van der Waals surface area contributed by atoms with Crippen LogP contribution < -0.4 is 5.32 Å². The zero-order valence-electron chi connectivity index (χ0n) is 14.3. The normalized spacial score (nSPS) is 12.2. The van der Waals surface area contributed by atoms with E-state index >= 15 is 0 Å². The van der Waals surface area contributed by atoms with Crippen LogP contribution in [-0.4, -0.2) is 31.7 Å². The molecular weight excluding hydrogens is 387 g/mol. The number of sulfonamides is 1. The van der Waals surface area contributed by atoms with E-state index < -0.39 is 32.4 Å². The first-order valence-electron chi connectivity index (χ1n) is 7.54. The molecule has 0 aliphatic heterocycles. The molecule has 0 saturated carbocycles.